The van der Waals surface area contributed by atoms with E-state index in [9.17, 15) is 4.79 Å². The topological polar surface area (TPSA) is 77.2 Å². The Morgan fingerprint density at radius 2 is 2.35 bits per heavy atom. The van der Waals surface area contributed by atoms with E-state index < -0.39 is 0 Å². The molecule has 0 fully saturated rings. The average Bonchev–Trinajstić information content (AvgIpc) is 2.85. The number of nitrogens with one attached hydrogen (secondary N) is 1. The molecule has 0 unspecified atom stereocenters. The number of aromatic nitrogens is 1. The Bertz CT molecular complexity index is 526. The van der Waals surface area contributed by atoms with Crippen molar-refractivity contribution in [2.24, 2.45) is 0 Å². The van der Waals surface area contributed by atoms with Gasteiger partial charge < -0.3 is 15.8 Å². The molecule has 6 heteroatoms. The van der Waals surface area contributed by atoms with Gasteiger partial charge in [-0.25, -0.2) is 4.98 Å². The van der Waals surface area contributed by atoms with E-state index in [2.05, 4.69) is 10.3 Å². The van der Waals surface area contributed by atoms with Crippen molar-refractivity contribution in [2.75, 3.05) is 18.2 Å². The Morgan fingerprint density at radius 1 is 1.53 bits per heavy atom. The molecule has 1 amide bonds. The standard InChI is InChI=1S/C11H11N3O2S/c1-16-7-2-3-8(12)9(4-7)14-11(15)10-5-17-6-13-10/h2-6H,12H2,1H3,(H,14,15). The molecule has 0 aliphatic heterocycles. The largest absolute Gasteiger partial charge is 0.497 e. The van der Waals surface area contributed by atoms with E-state index in [0.717, 1.165) is 0 Å². The molecule has 0 aliphatic rings. The van der Waals surface area contributed by atoms with Crippen LogP contribution in [0.4, 0.5) is 11.4 Å². The molecule has 0 spiro atoms. The fourth-order valence-corrected chi connectivity index (χ4v) is 1.81. The van der Waals surface area contributed by atoms with Crippen molar-refractivity contribution in [3.63, 3.8) is 0 Å². The number of hydrogen-bond acceptors (Lipinski definition) is 5. The third-order valence-corrected chi connectivity index (χ3v) is 2.76. The lowest BCUT2D eigenvalue weighted by Gasteiger charge is -2.08. The lowest BCUT2D eigenvalue weighted by atomic mass is 10.2. The molecule has 3 N–H and O–H groups in total. The molecule has 0 saturated heterocycles. The fourth-order valence-electron chi connectivity index (χ4n) is 1.28. The first kappa shape index (κ1) is 11.4. The van der Waals surface area contributed by atoms with Gasteiger partial charge in [0.25, 0.3) is 5.91 Å². The highest BCUT2D eigenvalue weighted by atomic mass is 32.1. The minimum atomic E-state index is -0.286. The summed E-state index contributed by atoms with van der Waals surface area (Å²) in [6.07, 6.45) is 0. The van der Waals surface area contributed by atoms with Crippen LogP contribution >= 0.6 is 11.3 Å². The van der Waals surface area contributed by atoms with Gasteiger partial charge >= 0.3 is 0 Å². The van der Waals surface area contributed by atoms with E-state index in [-0.39, 0.29) is 5.91 Å². The van der Waals surface area contributed by atoms with Crippen molar-refractivity contribution in [3.8, 4) is 5.75 Å². The molecule has 2 aromatic rings. The number of amides is 1. The summed E-state index contributed by atoms with van der Waals surface area (Å²) < 4.78 is 5.06. The molecule has 0 bridgehead atoms. The van der Waals surface area contributed by atoms with Crippen molar-refractivity contribution in [1.82, 2.24) is 4.98 Å². The number of hydrogen-bond donors (Lipinski definition) is 2. The number of methoxy groups -OCH3 is 1. The zero-order chi connectivity index (χ0) is 12.3. The summed E-state index contributed by atoms with van der Waals surface area (Å²) in [5, 5.41) is 4.36. The second-order valence-corrected chi connectivity index (χ2v) is 4.00. The van der Waals surface area contributed by atoms with Crippen LogP contribution in [0.15, 0.2) is 29.1 Å². The number of anilines is 2. The van der Waals surface area contributed by atoms with E-state index in [1.807, 2.05) is 0 Å². The maximum atomic E-state index is 11.8. The van der Waals surface area contributed by atoms with E-state index >= 15 is 0 Å². The maximum Gasteiger partial charge on any atom is 0.275 e. The van der Waals surface area contributed by atoms with Crippen molar-refractivity contribution in [3.05, 3.63) is 34.8 Å². The number of nitrogens with two attached hydrogens (primary N) is 1. The van der Waals surface area contributed by atoms with Crippen LogP contribution in [0.1, 0.15) is 10.5 Å². The van der Waals surface area contributed by atoms with E-state index in [0.29, 0.717) is 22.8 Å². The third-order valence-electron chi connectivity index (χ3n) is 2.17. The SMILES string of the molecule is COc1ccc(N)c(NC(=O)c2cscn2)c1. The maximum absolute atomic E-state index is 11.8. The summed E-state index contributed by atoms with van der Waals surface area (Å²) >= 11 is 1.36. The van der Waals surface area contributed by atoms with Gasteiger partial charge in [0.15, 0.2) is 0 Å². The number of thiazole rings is 1. The summed E-state index contributed by atoms with van der Waals surface area (Å²) in [5.41, 5.74) is 8.73. The summed E-state index contributed by atoms with van der Waals surface area (Å²) in [5.74, 6) is 0.346. The first-order chi connectivity index (χ1) is 8.20. The van der Waals surface area contributed by atoms with Gasteiger partial charge in [-0.3, -0.25) is 4.79 Å². The monoisotopic (exact) mass is 249 g/mol. The number of carbonyl (C=O) groups excluding carboxylic acids is 1. The fraction of sp³-hybridized carbons (Fsp3) is 0.0909. The Hall–Kier alpha value is -2.08. The second kappa shape index (κ2) is 4.84. The first-order valence-electron chi connectivity index (χ1n) is 4.84. The highest BCUT2D eigenvalue weighted by molar-refractivity contribution is 7.07. The number of rotatable bonds is 3. The lowest BCUT2D eigenvalue weighted by Crippen LogP contribution is -2.13. The Morgan fingerprint density at radius 3 is 3.00 bits per heavy atom. The highest BCUT2D eigenvalue weighted by Crippen LogP contribution is 2.24. The van der Waals surface area contributed by atoms with Crippen molar-refractivity contribution in [1.29, 1.82) is 0 Å². The molecular formula is C11H11N3O2S. The minimum Gasteiger partial charge on any atom is -0.497 e. The van der Waals surface area contributed by atoms with Crippen LogP contribution in [0, 0.1) is 0 Å². The van der Waals surface area contributed by atoms with E-state index in [4.69, 9.17) is 10.5 Å². The summed E-state index contributed by atoms with van der Waals surface area (Å²) in [4.78, 5) is 15.7. The molecule has 2 rings (SSSR count). The molecule has 0 atom stereocenters. The molecule has 0 saturated carbocycles. The molecule has 88 valence electrons. The quantitative estimate of drug-likeness (QED) is 0.815. The van der Waals surface area contributed by atoms with Crippen LogP contribution in [-0.4, -0.2) is 18.0 Å². The molecule has 1 aromatic carbocycles. The number of carbonyl (C=O) groups is 1. The van der Waals surface area contributed by atoms with Gasteiger partial charge in [0, 0.05) is 11.4 Å². The molecule has 0 radical (unpaired) electrons. The van der Waals surface area contributed by atoms with Crippen LogP contribution in [0.25, 0.3) is 0 Å². The number of nitrogen functional groups attached to an aromatic ring is 1. The second-order valence-electron chi connectivity index (χ2n) is 3.28. The van der Waals surface area contributed by atoms with Gasteiger partial charge in [-0.1, -0.05) is 0 Å². The van der Waals surface area contributed by atoms with Crippen LogP contribution in [0.3, 0.4) is 0 Å². The van der Waals surface area contributed by atoms with Crippen molar-refractivity contribution < 1.29 is 9.53 Å². The van der Waals surface area contributed by atoms with Gasteiger partial charge in [-0.2, -0.15) is 0 Å². The minimum absolute atomic E-state index is 0.286. The Labute approximate surface area is 102 Å². The molecule has 0 aliphatic carbocycles. The number of ether oxygens (including phenoxy) is 1. The van der Waals surface area contributed by atoms with Gasteiger partial charge in [0.2, 0.25) is 0 Å². The van der Waals surface area contributed by atoms with Crippen LogP contribution < -0.4 is 15.8 Å². The molecule has 17 heavy (non-hydrogen) atoms. The normalized spacial score (nSPS) is 9.94. The van der Waals surface area contributed by atoms with Crippen LogP contribution in [-0.2, 0) is 0 Å². The van der Waals surface area contributed by atoms with E-state index in [1.54, 1.807) is 36.2 Å². The van der Waals surface area contributed by atoms with Crippen LogP contribution in [0.2, 0.25) is 0 Å². The zero-order valence-corrected chi connectivity index (χ0v) is 9.95. The number of benzene rings is 1. The lowest BCUT2D eigenvalue weighted by molar-refractivity contribution is 0.102. The van der Waals surface area contributed by atoms with Crippen LogP contribution in [0.5, 0.6) is 5.75 Å². The smallest absolute Gasteiger partial charge is 0.275 e. The first-order valence-corrected chi connectivity index (χ1v) is 5.78. The van der Waals surface area contributed by atoms with E-state index in [1.165, 1.54) is 11.3 Å². The predicted molar refractivity (Wildman–Crippen MR) is 67.5 cm³/mol. The van der Waals surface area contributed by atoms with Gasteiger partial charge in [0.1, 0.15) is 11.4 Å². The van der Waals surface area contributed by atoms with Crippen molar-refractivity contribution in [2.45, 2.75) is 0 Å². The molecule has 1 heterocycles. The summed E-state index contributed by atoms with van der Waals surface area (Å²) in [6, 6.07) is 5.07. The molecule has 5 nitrogen and oxygen atoms in total. The van der Waals surface area contributed by atoms with Gasteiger partial charge in [-0.05, 0) is 12.1 Å². The Kier molecular flexibility index (Phi) is 3.24. The highest BCUT2D eigenvalue weighted by Gasteiger charge is 2.10. The average molecular weight is 249 g/mol. The summed E-state index contributed by atoms with van der Waals surface area (Å²) in [6.45, 7) is 0. The Balaban J connectivity index is 2.21. The zero-order valence-electron chi connectivity index (χ0n) is 9.14. The van der Waals surface area contributed by atoms with Gasteiger partial charge in [-0.15, -0.1) is 11.3 Å². The number of nitrogens with zero attached hydrogens (tertiary/aromatic N) is 1. The van der Waals surface area contributed by atoms with Gasteiger partial charge in [0.05, 0.1) is 24.0 Å². The predicted octanol–water partition coefficient (Wildman–Crippen LogP) is 1.99. The van der Waals surface area contributed by atoms with Crippen molar-refractivity contribution >= 4 is 28.6 Å². The third kappa shape index (κ3) is 2.54. The molecular weight excluding hydrogens is 238 g/mol. The summed E-state index contributed by atoms with van der Waals surface area (Å²) in [7, 11) is 1.55. The molecule has 1 aromatic heterocycles.